The van der Waals surface area contributed by atoms with Crippen LogP contribution in [0.15, 0.2) is 24.3 Å². The van der Waals surface area contributed by atoms with Gasteiger partial charge in [0, 0.05) is 50.6 Å². The number of carbonyl (C=O) groups is 3. The fourth-order valence-corrected chi connectivity index (χ4v) is 8.83. The van der Waals surface area contributed by atoms with Crippen LogP contribution in [0, 0.1) is 11.8 Å². The molecular weight excluding hydrogens is 494 g/mol. The molecule has 3 saturated heterocycles. The van der Waals surface area contributed by atoms with Crippen LogP contribution in [0.1, 0.15) is 32.6 Å². The Morgan fingerprint density at radius 3 is 2.54 bits per heavy atom. The molecule has 2 amide bonds. The molecule has 10 heteroatoms. The van der Waals surface area contributed by atoms with Crippen LogP contribution in [-0.4, -0.2) is 119 Å². The number of carbonyl (C=O) groups excluding carboxylic acids is 3. The third-order valence-corrected chi connectivity index (χ3v) is 10.3. The molecule has 5 rings (SSSR count). The minimum atomic E-state index is -0.812. The van der Waals surface area contributed by atoms with Crippen LogP contribution in [-0.2, 0) is 23.9 Å². The monoisotopic (exact) mass is 533 g/mol. The van der Waals surface area contributed by atoms with Crippen LogP contribution < -0.4 is 0 Å². The molecule has 0 saturated carbocycles. The fraction of sp³-hybridized carbons (Fsp3) is 0.741. The van der Waals surface area contributed by atoms with Gasteiger partial charge >= 0.3 is 5.97 Å². The second-order valence-corrected chi connectivity index (χ2v) is 12.6. The van der Waals surface area contributed by atoms with E-state index < -0.39 is 27.4 Å². The molecule has 37 heavy (non-hydrogen) atoms. The first kappa shape index (κ1) is 26.7. The van der Waals surface area contributed by atoms with E-state index in [0.717, 1.165) is 45.3 Å². The van der Waals surface area contributed by atoms with E-state index in [9.17, 15) is 14.4 Å². The largest absolute Gasteiger partial charge is 0.461 e. The Morgan fingerprint density at radius 1 is 0.973 bits per heavy atom. The van der Waals surface area contributed by atoms with Crippen LogP contribution in [0.5, 0.6) is 0 Å². The third-order valence-electron chi connectivity index (χ3n) is 8.49. The highest BCUT2D eigenvalue weighted by molar-refractivity contribution is 8.02. The van der Waals surface area contributed by atoms with Crippen LogP contribution in [0.3, 0.4) is 0 Å². The summed E-state index contributed by atoms with van der Waals surface area (Å²) in [7, 11) is 0. The summed E-state index contributed by atoms with van der Waals surface area (Å²) in [6.07, 6.45) is 11.2. The average Bonchev–Trinajstić information content (AvgIpc) is 3.14. The maximum absolute atomic E-state index is 14.3. The van der Waals surface area contributed by atoms with Crippen LogP contribution >= 0.6 is 11.8 Å². The molecular formula is C27H39N3O6S. The van der Waals surface area contributed by atoms with Gasteiger partial charge in [0.25, 0.3) is 0 Å². The molecule has 5 aliphatic rings. The maximum atomic E-state index is 14.3. The highest BCUT2D eigenvalue weighted by Crippen LogP contribution is 2.65. The first-order valence-electron chi connectivity index (χ1n) is 13.6. The molecule has 0 aromatic rings. The summed E-state index contributed by atoms with van der Waals surface area (Å²) in [6.45, 7) is 7.82. The van der Waals surface area contributed by atoms with E-state index in [2.05, 4.69) is 11.0 Å². The van der Waals surface area contributed by atoms with E-state index >= 15 is 0 Å². The van der Waals surface area contributed by atoms with E-state index in [1.807, 2.05) is 30.1 Å². The van der Waals surface area contributed by atoms with Crippen molar-refractivity contribution in [3.05, 3.63) is 24.3 Å². The van der Waals surface area contributed by atoms with Gasteiger partial charge in [0.2, 0.25) is 11.8 Å². The van der Waals surface area contributed by atoms with E-state index in [4.69, 9.17) is 14.6 Å². The number of aliphatic hydroxyl groups is 1. The lowest BCUT2D eigenvalue weighted by atomic mass is 9.75. The Balaban J connectivity index is 1.44. The Labute approximate surface area is 223 Å². The Bertz CT molecular complexity index is 952. The molecule has 0 aromatic heterocycles. The minimum absolute atomic E-state index is 0.0330. The summed E-state index contributed by atoms with van der Waals surface area (Å²) in [5, 5.41) is 9.12. The van der Waals surface area contributed by atoms with Gasteiger partial charge in [-0.25, -0.2) is 0 Å². The van der Waals surface area contributed by atoms with Crippen molar-refractivity contribution in [2.24, 2.45) is 11.8 Å². The molecule has 0 aromatic carbocycles. The first-order valence-corrected chi connectivity index (χ1v) is 14.5. The maximum Gasteiger partial charge on any atom is 0.311 e. The van der Waals surface area contributed by atoms with E-state index in [0.29, 0.717) is 32.8 Å². The molecule has 1 unspecified atom stereocenters. The summed E-state index contributed by atoms with van der Waals surface area (Å²) in [6, 6.07) is -0.652. The number of thioether (sulfide) groups is 1. The van der Waals surface area contributed by atoms with Crippen molar-refractivity contribution in [2.75, 3.05) is 65.7 Å². The van der Waals surface area contributed by atoms with Crippen molar-refractivity contribution >= 4 is 29.5 Å². The lowest BCUT2D eigenvalue weighted by Gasteiger charge is -2.37. The number of cyclic esters (lactones) is 1. The normalized spacial score (nSPS) is 35.7. The molecule has 1 N–H and O–H groups in total. The van der Waals surface area contributed by atoms with Gasteiger partial charge in [-0.1, -0.05) is 31.1 Å². The summed E-state index contributed by atoms with van der Waals surface area (Å²) in [5.74, 6) is -1.78. The number of esters is 1. The second-order valence-electron chi connectivity index (χ2n) is 10.8. The Kier molecular flexibility index (Phi) is 8.00. The summed E-state index contributed by atoms with van der Waals surface area (Å²) in [5.41, 5.74) is 0. The van der Waals surface area contributed by atoms with Crippen molar-refractivity contribution in [1.29, 1.82) is 0 Å². The van der Waals surface area contributed by atoms with E-state index in [-0.39, 0.29) is 31.0 Å². The van der Waals surface area contributed by atoms with Crippen molar-refractivity contribution in [3.63, 3.8) is 0 Å². The van der Waals surface area contributed by atoms with Gasteiger partial charge in [0.1, 0.15) is 12.6 Å². The molecule has 0 radical (unpaired) electrons. The number of rotatable bonds is 9. The predicted molar refractivity (Wildman–Crippen MR) is 140 cm³/mol. The standard InChI is InChI=1S/C27H39N3O6S/c1-26-8-7-17-36-25(34)21(26)20-23(32)30(11-4-2-3-5-16-31)22-24(33)29(10-6-9-27(20,22)37-26)13-12-28-14-18-35-19-15-28/h6-9,20-22,31H,2-5,10-19H2,1H3/t20-,21-,22?,26+,27-/m0/s1. The second kappa shape index (κ2) is 11.1. The average molecular weight is 534 g/mol. The number of fused-ring (bicyclic) bond motifs is 2. The number of hydrogen-bond donors (Lipinski definition) is 1. The number of unbranched alkanes of at least 4 members (excludes halogenated alkanes) is 3. The first-order chi connectivity index (χ1) is 17.9. The number of nitrogens with zero attached hydrogens (tertiary/aromatic N) is 3. The van der Waals surface area contributed by atoms with Gasteiger partial charge < -0.3 is 24.4 Å². The highest BCUT2D eigenvalue weighted by atomic mass is 32.2. The molecule has 204 valence electrons. The lowest BCUT2D eigenvalue weighted by molar-refractivity contribution is -0.152. The molecule has 1 spiro atoms. The Morgan fingerprint density at radius 2 is 1.76 bits per heavy atom. The zero-order valence-electron chi connectivity index (χ0n) is 21.7. The third kappa shape index (κ3) is 4.86. The fourth-order valence-electron chi connectivity index (χ4n) is 6.68. The molecule has 9 nitrogen and oxygen atoms in total. The molecule has 0 aliphatic carbocycles. The molecule has 5 aliphatic heterocycles. The minimum Gasteiger partial charge on any atom is -0.461 e. The number of likely N-dealkylation sites (tertiary alicyclic amines) is 1. The van der Waals surface area contributed by atoms with Crippen LogP contribution in [0.25, 0.3) is 0 Å². The molecule has 3 fully saturated rings. The SMILES string of the molecule is C[C@@]12C=CCOC(=O)[C@@H]1[C@H]1C(=O)N(CCCCCCO)C3C(=O)N(CCN4CCOCC4)CC=C[C@@]31S2. The van der Waals surface area contributed by atoms with Gasteiger partial charge in [-0.2, -0.15) is 0 Å². The van der Waals surface area contributed by atoms with Crippen molar-refractivity contribution in [2.45, 2.75) is 48.1 Å². The quantitative estimate of drug-likeness (QED) is 0.267. The number of amides is 2. The zero-order chi connectivity index (χ0) is 26.0. The van der Waals surface area contributed by atoms with Crippen LogP contribution in [0.2, 0.25) is 0 Å². The molecule has 0 bridgehead atoms. The summed E-state index contributed by atoms with van der Waals surface area (Å²) in [4.78, 5) is 47.5. The van der Waals surface area contributed by atoms with Gasteiger partial charge in [-0.05, 0) is 25.8 Å². The number of hydrogen-bond acceptors (Lipinski definition) is 8. The number of ether oxygens (including phenoxy) is 2. The molecule has 5 atom stereocenters. The van der Waals surface area contributed by atoms with Gasteiger partial charge in [0.05, 0.1) is 29.8 Å². The highest BCUT2D eigenvalue weighted by Gasteiger charge is 2.73. The Hall–Kier alpha value is -1.88. The van der Waals surface area contributed by atoms with Gasteiger partial charge in [-0.3, -0.25) is 19.3 Å². The van der Waals surface area contributed by atoms with E-state index in [1.165, 1.54) is 0 Å². The summed E-state index contributed by atoms with van der Waals surface area (Å²) >= 11 is 1.59. The van der Waals surface area contributed by atoms with Crippen molar-refractivity contribution in [1.82, 2.24) is 14.7 Å². The smallest absolute Gasteiger partial charge is 0.311 e. The number of morpholine rings is 1. The van der Waals surface area contributed by atoms with E-state index in [1.54, 1.807) is 16.7 Å². The summed E-state index contributed by atoms with van der Waals surface area (Å²) < 4.78 is 9.52. The topological polar surface area (TPSA) is 99.6 Å². The number of aliphatic hydroxyl groups excluding tert-OH is 1. The molecule has 5 heterocycles. The van der Waals surface area contributed by atoms with Crippen LogP contribution in [0.4, 0.5) is 0 Å². The van der Waals surface area contributed by atoms with Gasteiger partial charge in [0.15, 0.2) is 0 Å². The van der Waals surface area contributed by atoms with Crippen molar-refractivity contribution in [3.8, 4) is 0 Å². The predicted octanol–water partition coefficient (Wildman–Crippen LogP) is 1.07. The zero-order valence-corrected chi connectivity index (χ0v) is 22.5. The van der Waals surface area contributed by atoms with Gasteiger partial charge in [-0.15, -0.1) is 11.8 Å². The lowest BCUT2D eigenvalue weighted by Crippen LogP contribution is -2.54. The van der Waals surface area contributed by atoms with Crippen molar-refractivity contribution < 1.29 is 29.0 Å².